The van der Waals surface area contributed by atoms with Gasteiger partial charge in [-0.05, 0) is 56.0 Å². The van der Waals surface area contributed by atoms with Gasteiger partial charge in [-0.2, -0.15) is 0 Å². The molecule has 2 aromatic carbocycles. The molecule has 2 aliphatic rings. The summed E-state index contributed by atoms with van der Waals surface area (Å²) in [6, 6.07) is 13.0. The van der Waals surface area contributed by atoms with E-state index >= 15 is 0 Å². The van der Waals surface area contributed by atoms with Gasteiger partial charge in [-0.25, -0.2) is 9.18 Å². The molecule has 2 amide bonds. The smallest absolute Gasteiger partial charge is 0.408 e. The number of fused-ring (bicyclic) bond motifs is 1. The zero-order valence-electron chi connectivity index (χ0n) is 19.7. The predicted octanol–water partition coefficient (Wildman–Crippen LogP) is 3.34. The lowest BCUT2D eigenvalue weighted by atomic mass is 9.87. The predicted molar refractivity (Wildman–Crippen MR) is 124 cm³/mol. The Balaban J connectivity index is 1.50. The highest BCUT2D eigenvalue weighted by atomic mass is 19.1. The van der Waals surface area contributed by atoms with Crippen molar-refractivity contribution in [1.29, 1.82) is 0 Å². The Labute approximate surface area is 198 Å². The van der Waals surface area contributed by atoms with E-state index in [1.165, 1.54) is 12.1 Å². The first kappa shape index (κ1) is 24.2. The second-order valence-corrected chi connectivity index (χ2v) is 9.81. The maximum atomic E-state index is 13.6. The first-order valence-corrected chi connectivity index (χ1v) is 11.6. The van der Waals surface area contributed by atoms with Crippen molar-refractivity contribution in [2.24, 2.45) is 0 Å². The summed E-state index contributed by atoms with van der Waals surface area (Å²) in [5.74, 6) is -0.577. The van der Waals surface area contributed by atoms with E-state index in [2.05, 4.69) is 5.32 Å². The lowest BCUT2D eigenvalue weighted by Crippen LogP contribution is -2.56. The largest absolute Gasteiger partial charge is 0.444 e. The highest BCUT2D eigenvalue weighted by molar-refractivity contribution is 5.82. The van der Waals surface area contributed by atoms with E-state index in [0.29, 0.717) is 13.0 Å². The lowest BCUT2D eigenvalue weighted by Gasteiger charge is -2.41. The van der Waals surface area contributed by atoms with E-state index in [1.807, 2.05) is 24.3 Å². The molecular weight excluding hydrogens is 439 g/mol. The van der Waals surface area contributed by atoms with Crippen molar-refractivity contribution in [3.8, 4) is 0 Å². The van der Waals surface area contributed by atoms with Crippen LogP contribution in [0.3, 0.4) is 0 Å². The molecule has 0 saturated carbocycles. The number of nitrogens with zero attached hydrogens (tertiary/aromatic N) is 1. The van der Waals surface area contributed by atoms with Gasteiger partial charge in [-0.15, -0.1) is 0 Å². The van der Waals surface area contributed by atoms with Crippen LogP contribution in [0.4, 0.5) is 9.18 Å². The van der Waals surface area contributed by atoms with Crippen LogP contribution in [0.1, 0.15) is 49.9 Å². The molecular formula is C26H31FN2O5. The Morgan fingerprint density at radius 3 is 2.53 bits per heavy atom. The molecule has 0 unspecified atom stereocenters. The van der Waals surface area contributed by atoms with Crippen molar-refractivity contribution in [1.82, 2.24) is 10.2 Å². The van der Waals surface area contributed by atoms with Crippen LogP contribution in [0, 0.1) is 5.82 Å². The zero-order valence-corrected chi connectivity index (χ0v) is 19.7. The van der Waals surface area contributed by atoms with Gasteiger partial charge in [0, 0.05) is 13.0 Å². The van der Waals surface area contributed by atoms with Crippen LogP contribution in [0.15, 0.2) is 48.5 Å². The Hall–Kier alpha value is -2.97. The van der Waals surface area contributed by atoms with E-state index in [0.717, 1.165) is 16.7 Å². The number of halogens is 1. The van der Waals surface area contributed by atoms with Crippen LogP contribution in [0.5, 0.6) is 0 Å². The number of hydrogen-bond acceptors (Lipinski definition) is 5. The van der Waals surface area contributed by atoms with Gasteiger partial charge in [0.15, 0.2) is 0 Å². The highest BCUT2D eigenvalue weighted by Gasteiger charge is 2.40. The summed E-state index contributed by atoms with van der Waals surface area (Å²) < 4.78 is 24.7. The number of benzene rings is 2. The number of ether oxygens (including phenoxy) is 2. The molecule has 1 fully saturated rings. The molecule has 1 saturated heterocycles. The van der Waals surface area contributed by atoms with Crippen molar-refractivity contribution in [3.05, 3.63) is 71.0 Å². The zero-order chi connectivity index (χ0) is 24.5. The van der Waals surface area contributed by atoms with Crippen LogP contribution in [0.2, 0.25) is 0 Å². The molecule has 182 valence electrons. The van der Waals surface area contributed by atoms with E-state index in [4.69, 9.17) is 9.47 Å². The fourth-order valence-electron chi connectivity index (χ4n) is 4.54. The van der Waals surface area contributed by atoms with Crippen molar-refractivity contribution >= 4 is 12.0 Å². The van der Waals surface area contributed by atoms with Crippen LogP contribution in [-0.4, -0.2) is 59.0 Å². The molecule has 34 heavy (non-hydrogen) atoms. The molecule has 2 N–H and O–H groups in total. The third-order valence-electron chi connectivity index (χ3n) is 6.13. The maximum Gasteiger partial charge on any atom is 0.408 e. The van der Waals surface area contributed by atoms with Gasteiger partial charge in [0.2, 0.25) is 0 Å². The number of alkyl carbamates (subject to hydrolysis) is 1. The Kier molecular flexibility index (Phi) is 6.91. The molecule has 0 aliphatic carbocycles. The SMILES string of the molecule is CC(C)(C)OC(=O)N[C@@H]1CO[C@@H](C(=O)N2CCc3ccccc3[C@@H]2c2ccc(F)cc2)C[C@H]1O. The number of carbonyl (C=O) groups excluding carboxylic acids is 2. The Morgan fingerprint density at radius 1 is 1.15 bits per heavy atom. The molecule has 2 heterocycles. The summed E-state index contributed by atoms with van der Waals surface area (Å²) in [6.45, 7) is 5.73. The molecule has 2 aromatic rings. The van der Waals surface area contributed by atoms with E-state index in [9.17, 15) is 19.1 Å². The molecule has 0 radical (unpaired) electrons. The number of rotatable bonds is 3. The van der Waals surface area contributed by atoms with Crippen LogP contribution in [-0.2, 0) is 20.7 Å². The number of aliphatic hydroxyl groups excluding tert-OH is 1. The van der Waals surface area contributed by atoms with Gasteiger partial charge in [0.05, 0.1) is 24.8 Å². The fraction of sp³-hybridized carbons (Fsp3) is 0.462. The minimum atomic E-state index is -0.962. The summed E-state index contributed by atoms with van der Waals surface area (Å²) in [5.41, 5.74) is 2.28. The Bertz CT molecular complexity index is 1040. The molecule has 7 nitrogen and oxygen atoms in total. The second-order valence-electron chi connectivity index (χ2n) is 9.81. The van der Waals surface area contributed by atoms with Crippen molar-refractivity contribution < 1.29 is 28.6 Å². The topological polar surface area (TPSA) is 88.1 Å². The standard InChI is InChI=1S/C26H31FN2O5/c1-26(2,3)34-25(32)28-20-15-33-22(14-21(20)30)24(31)29-13-12-16-6-4-5-7-19(16)23(29)17-8-10-18(27)11-9-17/h4-11,20-23,30H,12-15H2,1-3H3,(H,28,32)/t20-,21-,22-,23+/m1/s1. The van der Waals surface area contributed by atoms with E-state index in [-0.39, 0.29) is 30.8 Å². The second kappa shape index (κ2) is 9.72. The normalized spacial score (nSPS) is 24.8. The number of nitrogens with one attached hydrogen (secondary N) is 1. The van der Waals surface area contributed by atoms with Crippen LogP contribution < -0.4 is 5.32 Å². The van der Waals surface area contributed by atoms with E-state index < -0.39 is 29.9 Å². The maximum absolute atomic E-state index is 13.6. The third-order valence-corrected chi connectivity index (χ3v) is 6.13. The summed E-state index contributed by atoms with van der Waals surface area (Å²) in [6.07, 6.45) is -1.71. The summed E-state index contributed by atoms with van der Waals surface area (Å²) in [5, 5.41) is 13.3. The number of hydrogen-bond donors (Lipinski definition) is 2. The summed E-state index contributed by atoms with van der Waals surface area (Å²) >= 11 is 0. The average molecular weight is 471 g/mol. The van der Waals surface area contributed by atoms with Crippen molar-refractivity contribution in [2.45, 2.75) is 63.5 Å². The fourth-order valence-corrected chi connectivity index (χ4v) is 4.54. The third kappa shape index (κ3) is 5.39. The summed E-state index contributed by atoms with van der Waals surface area (Å²) in [7, 11) is 0. The number of carbonyl (C=O) groups is 2. The summed E-state index contributed by atoms with van der Waals surface area (Å²) in [4.78, 5) is 27.4. The van der Waals surface area contributed by atoms with Gasteiger partial charge < -0.3 is 24.8 Å². The average Bonchev–Trinajstić information content (AvgIpc) is 2.78. The quantitative estimate of drug-likeness (QED) is 0.719. The van der Waals surface area contributed by atoms with Crippen LogP contribution in [0.25, 0.3) is 0 Å². The molecule has 0 aromatic heterocycles. The van der Waals surface area contributed by atoms with E-state index in [1.54, 1.807) is 37.8 Å². The molecule has 4 atom stereocenters. The molecule has 2 aliphatic heterocycles. The van der Waals surface area contributed by atoms with Gasteiger partial charge >= 0.3 is 6.09 Å². The number of amides is 2. The Morgan fingerprint density at radius 2 is 1.85 bits per heavy atom. The van der Waals surface area contributed by atoms with Gasteiger partial charge in [0.1, 0.15) is 17.5 Å². The first-order chi connectivity index (χ1) is 16.1. The first-order valence-electron chi connectivity index (χ1n) is 11.6. The van der Waals surface area contributed by atoms with Crippen molar-refractivity contribution in [2.75, 3.05) is 13.2 Å². The highest BCUT2D eigenvalue weighted by Crippen LogP contribution is 2.36. The molecule has 0 bridgehead atoms. The molecule has 8 heteroatoms. The lowest BCUT2D eigenvalue weighted by molar-refractivity contribution is -0.155. The van der Waals surface area contributed by atoms with Gasteiger partial charge in [0.25, 0.3) is 5.91 Å². The number of aliphatic hydroxyl groups is 1. The minimum Gasteiger partial charge on any atom is -0.444 e. The molecule has 0 spiro atoms. The monoisotopic (exact) mass is 470 g/mol. The minimum absolute atomic E-state index is 0.0115. The van der Waals surface area contributed by atoms with Gasteiger partial charge in [-0.1, -0.05) is 36.4 Å². The van der Waals surface area contributed by atoms with Crippen LogP contribution >= 0.6 is 0 Å². The van der Waals surface area contributed by atoms with Gasteiger partial charge in [-0.3, -0.25) is 4.79 Å². The van der Waals surface area contributed by atoms with Crippen molar-refractivity contribution in [3.63, 3.8) is 0 Å². The molecule has 4 rings (SSSR count).